The molecule has 76 valence electrons. The Morgan fingerprint density at radius 3 is 2.27 bits per heavy atom. The Morgan fingerprint density at radius 1 is 1.07 bits per heavy atom. The number of phenolic OH excluding ortho intramolecular Hbond substituents is 1. The minimum absolute atomic E-state index is 0.0474. The summed E-state index contributed by atoms with van der Waals surface area (Å²) in [6.07, 6.45) is 0.507. The lowest BCUT2D eigenvalue weighted by atomic mass is 10.0. The molecule has 0 atom stereocenters. The summed E-state index contributed by atoms with van der Waals surface area (Å²) in [6.45, 7) is 0. The molecule has 0 fully saturated rings. The molecule has 5 N–H and O–H groups in total. The van der Waals surface area contributed by atoms with Crippen molar-refractivity contribution >= 4 is 28.4 Å². The highest BCUT2D eigenvalue weighted by Gasteiger charge is 2.13. The Kier molecular flexibility index (Phi) is 1.97. The molecule has 0 amide bonds. The van der Waals surface area contributed by atoms with Crippen molar-refractivity contribution in [2.45, 2.75) is 0 Å². The van der Waals surface area contributed by atoms with Gasteiger partial charge in [-0.15, -0.1) is 0 Å². The van der Waals surface area contributed by atoms with E-state index in [1.165, 1.54) is 0 Å². The first-order chi connectivity index (χ1) is 7.16. The molecule has 2 aromatic rings. The molecule has 2 rings (SSSR count). The van der Waals surface area contributed by atoms with Crippen molar-refractivity contribution in [2.24, 2.45) is 0 Å². The van der Waals surface area contributed by atoms with E-state index in [0.717, 1.165) is 0 Å². The van der Waals surface area contributed by atoms with E-state index >= 15 is 0 Å². The summed E-state index contributed by atoms with van der Waals surface area (Å²) in [5, 5.41) is 11.0. The summed E-state index contributed by atoms with van der Waals surface area (Å²) in [5.74, 6) is -0.118. The number of benzene rings is 2. The molecule has 15 heavy (non-hydrogen) atoms. The first kappa shape index (κ1) is 9.33. The quantitative estimate of drug-likeness (QED) is 0.371. The van der Waals surface area contributed by atoms with Crippen LogP contribution in [0.5, 0.6) is 5.75 Å². The molecule has 0 aliphatic carbocycles. The second-order valence-electron chi connectivity index (χ2n) is 3.25. The fraction of sp³-hybridized carbons (Fsp3) is 0. The van der Waals surface area contributed by atoms with Gasteiger partial charge in [0.05, 0.1) is 16.9 Å². The van der Waals surface area contributed by atoms with Crippen molar-refractivity contribution in [3.63, 3.8) is 0 Å². The molecule has 0 spiro atoms. The van der Waals surface area contributed by atoms with Gasteiger partial charge >= 0.3 is 0 Å². The topological polar surface area (TPSA) is 89.3 Å². The molecule has 0 aliphatic heterocycles. The largest absolute Gasteiger partial charge is 0.506 e. The van der Waals surface area contributed by atoms with E-state index in [4.69, 9.17) is 11.5 Å². The van der Waals surface area contributed by atoms with Crippen LogP contribution >= 0.6 is 0 Å². The van der Waals surface area contributed by atoms with Crippen LogP contribution in [0.3, 0.4) is 0 Å². The van der Waals surface area contributed by atoms with E-state index in [1.54, 1.807) is 24.3 Å². The number of anilines is 2. The van der Waals surface area contributed by atoms with Crippen LogP contribution in [0.25, 0.3) is 10.8 Å². The number of phenols is 1. The third-order valence-corrected chi connectivity index (χ3v) is 2.43. The molecular formula is C11H10N2O2. The van der Waals surface area contributed by atoms with Gasteiger partial charge in [0, 0.05) is 10.8 Å². The monoisotopic (exact) mass is 202 g/mol. The molecule has 4 nitrogen and oxygen atoms in total. The molecular weight excluding hydrogens is 192 g/mol. The Labute approximate surface area is 86.1 Å². The van der Waals surface area contributed by atoms with Gasteiger partial charge in [0.15, 0.2) is 6.29 Å². The molecule has 4 heteroatoms. The minimum atomic E-state index is -0.118. The third-order valence-electron chi connectivity index (χ3n) is 2.43. The van der Waals surface area contributed by atoms with Crippen LogP contribution in [0.15, 0.2) is 24.3 Å². The zero-order valence-corrected chi connectivity index (χ0v) is 7.90. The number of hydrogen-bond acceptors (Lipinski definition) is 4. The number of carbonyl (C=O) groups is 1. The highest BCUT2D eigenvalue weighted by Crippen LogP contribution is 2.37. The number of nitrogens with two attached hydrogens (primary N) is 2. The van der Waals surface area contributed by atoms with Crippen molar-refractivity contribution in [1.29, 1.82) is 0 Å². The normalized spacial score (nSPS) is 10.4. The molecule has 0 radical (unpaired) electrons. The van der Waals surface area contributed by atoms with E-state index in [2.05, 4.69) is 0 Å². The van der Waals surface area contributed by atoms with E-state index in [-0.39, 0.29) is 17.0 Å². The van der Waals surface area contributed by atoms with E-state index in [9.17, 15) is 9.90 Å². The Balaban J connectivity index is 3.02. The van der Waals surface area contributed by atoms with Crippen LogP contribution in [-0.4, -0.2) is 11.4 Å². The third kappa shape index (κ3) is 1.19. The van der Waals surface area contributed by atoms with Crippen LogP contribution in [-0.2, 0) is 0 Å². The number of rotatable bonds is 1. The van der Waals surface area contributed by atoms with Crippen LogP contribution in [0.1, 0.15) is 10.4 Å². The lowest BCUT2D eigenvalue weighted by Gasteiger charge is -2.10. The predicted octanol–water partition coefficient (Wildman–Crippen LogP) is 1.52. The van der Waals surface area contributed by atoms with Gasteiger partial charge < -0.3 is 16.6 Å². The maximum absolute atomic E-state index is 10.7. The van der Waals surface area contributed by atoms with Crippen molar-refractivity contribution in [2.75, 3.05) is 11.5 Å². The van der Waals surface area contributed by atoms with Gasteiger partial charge in [0.2, 0.25) is 0 Å². The fourth-order valence-electron chi connectivity index (χ4n) is 1.61. The Morgan fingerprint density at radius 2 is 1.67 bits per heavy atom. The molecule has 0 bridgehead atoms. The van der Waals surface area contributed by atoms with Crippen LogP contribution in [0.2, 0.25) is 0 Å². The molecule has 0 aromatic heterocycles. The number of hydrogen-bond donors (Lipinski definition) is 3. The zero-order valence-electron chi connectivity index (χ0n) is 7.90. The van der Waals surface area contributed by atoms with Crippen LogP contribution in [0, 0.1) is 0 Å². The maximum Gasteiger partial charge on any atom is 0.155 e. The summed E-state index contributed by atoms with van der Waals surface area (Å²) >= 11 is 0. The average Bonchev–Trinajstić information content (AvgIpc) is 2.27. The first-order valence-electron chi connectivity index (χ1n) is 4.40. The number of aromatic hydroxyl groups is 1. The van der Waals surface area contributed by atoms with Crippen LogP contribution in [0.4, 0.5) is 11.4 Å². The number of aldehydes is 1. The lowest BCUT2D eigenvalue weighted by molar-refractivity contribution is 0.112. The highest BCUT2D eigenvalue weighted by molar-refractivity contribution is 6.09. The Hall–Kier alpha value is -2.23. The van der Waals surface area contributed by atoms with Gasteiger partial charge in [0.1, 0.15) is 5.75 Å². The maximum atomic E-state index is 10.7. The van der Waals surface area contributed by atoms with E-state index in [0.29, 0.717) is 22.7 Å². The average molecular weight is 202 g/mol. The van der Waals surface area contributed by atoms with Crippen LogP contribution < -0.4 is 11.5 Å². The van der Waals surface area contributed by atoms with E-state index in [1.807, 2.05) is 0 Å². The number of nitrogen functional groups attached to an aromatic ring is 2. The lowest BCUT2D eigenvalue weighted by Crippen LogP contribution is -2.01. The zero-order chi connectivity index (χ0) is 11.0. The Bertz CT molecular complexity index is 550. The fourth-order valence-corrected chi connectivity index (χ4v) is 1.61. The summed E-state index contributed by atoms with van der Waals surface area (Å²) in [4.78, 5) is 10.7. The molecule has 0 saturated heterocycles. The molecule has 0 unspecified atom stereocenters. The summed E-state index contributed by atoms with van der Waals surface area (Å²) in [5.41, 5.74) is 11.9. The molecule has 0 aliphatic rings. The van der Waals surface area contributed by atoms with Gasteiger partial charge in [-0.05, 0) is 0 Å². The summed E-state index contributed by atoms with van der Waals surface area (Å²) in [7, 11) is 0. The number of fused-ring (bicyclic) bond motifs is 1. The standard InChI is InChI=1S/C11H10N2O2/c12-9-6-3-1-2-4-7(6)11(15)8(5-14)10(9)13/h1-5,15H,12-13H2. The van der Waals surface area contributed by atoms with Crippen molar-refractivity contribution in [3.05, 3.63) is 29.8 Å². The number of carbonyl (C=O) groups excluding carboxylic acids is 1. The first-order valence-corrected chi connectivity index (χ1v) is 4.40. The van der Waals surface area contributed by atoms with Crippen molar-refractivity contribution < 1.29 is 9.90 Å². The second-order valence-corrected chi connectivity index (χ2v) is 3.25. The highest BCUT2D eigenvalue weighted by atomic mass is 16.3. The minimum Gasteiger partial charge on any atom is -0.506 e. The van der Waals surface area contributed by atoms with Gasteiger partial charge in [-0.2, -0.15) is 0 Å². The summed E-state index contributed by atoms with van der Waals surface area (Å²) < 4.78 is 0. The SMILES string of the molecule is Nc1c(C=O)c(O)c2ccccc2c1N. The molecule has 0 saturated carbocycles. The molecule has 0 heterocycles. The second kappa shape index (κ2) is 3.16. The van der Waals surface area contributed by atoms with E-state index < -0.39 is 0 Å². The van der Waals surface area contributed by atoms with Gasteiger partial charge in [-0.1, -0.05) is 24.3 Å². The molecule has 2 aromatic carbocycles. The van der Waals surface area contributed by atoms with Gasteiger partial charge in [-0.25, -0.2) is 0 Å². The predicted molar refractivity (Wildman–Crippen MR) is 59.8 cm³/mol. The smallest absolute Gasteiger partial charge is 0.155 e. The van der Waals surface area contributed by atoms with Gasteiger partial charge in [-0.3, -0.25) is 4.79 Å². The van der Waals surface area contributed by atoms with Gasteiger partial charge in [0.25, 0.3) is 0 Å². The summed E-state index contributed by atoms with van der Waals surface area (Å²) in [6, 6.07) is 6.98. The van der Waals surface area contributed by atoms with Crippen molar-refractivity contribution in [1.82, 2.24) is 0 Å². The van der Waals surface area contributed by atoms with Crippen molar-refractivity contribution in [3.8, 4) is 5.75 Å².